The Morgan fingerprint density at radius 1 is 1.09 bits per heavy atom. The normalized spacial score (nSPS) is 11.0. The summed E-state index contributed by atoms with van der Waals surface area (Å²) in [4.78, 5) is 12.4. The summed E-state index contributed by atoms with van der Waals surface area (Å²) in [5.74, 6) is 1.28. The van der Waals surface area contributed by atoms with Crippen molar-refractivity contribution in [3.8, 4) is 22.8 Å². The zero-order chi connectivity index (χ0) is 23.9. The fourth-order valence-corrected chi connectivity index (χ4v) is 4.06. The molecule has 34 heavy (non-hydrogen) atoms. The third-order valence-electron chi connectivity index (χ3n) is 4.90. The van der Waals surface area contributed by atoms with Crippen molar-refractivity contribution in [2.45, 2.75) is 12.1 Å². The summed E-state index contributed by atoms with van der Waals surface area (Å²) >= 11 is 7.38. The van der Waals surface area contributed by atoms with E-state index >= 15 is 0 Å². The van der Waals surface area contributed by atoms with E-state index in [4.69, 9.17) is 16.3 Å². The molecule has 0 saturated carbocycles. The molecular formula is C25H22ClN5O2S. The number of ether oxygens (including phenoxy) is 1. The van der Waals surface area contributed by atoms with E-state index in [1.807, 2.05) is 78.2 Å². The molecule has 0 fully saturated rings. The smallest absolute Gasteiger partial charge is 0.250 e. The maximum absolute atomic E-state index is 12.4. The largest absolute Gasteiger partial charge is 0.497 e. The highest BCUT2D eigenvalue weighted by molar-refractivity contribution is 7.99. The first-order chi connectivity index (χ1) is 16.5. The van der Waals surface area contributed by atoms with Gasteiger partial charge in [0.05, 0.1) is 19.1 Å². The lowest BCUT2D eigenvalue weighted by molar-refractivity contribution is -0.118. The molecule has 1 amide bonds. The van der Waals surface area contributed by atoms with Crippen LogP contribution in [0.2, 0.25) is 5.02 Å². The maximum atomic E-state index is 12.4. The molecule has 0 aliphatic carbocycles. The lowest BCUT2D eigenvalue weighted by Crippen LogP contribution is -2.20. The molecular weight excluding hydrogens is 470 g/mol. The summed E-state index contributed by atoms with van der Waals surface area (Å²) in [6.07, 6.45) is 1.52. The molecule has 9 heteroatoms. The Morgan fingerprint density at radius 2 is 1.82 bits per heavy atom. The lowest BCUT2D eigenvalue weighted by Gasteiger charge is -2.11. The van der Waals surface area contributed by atoms with Crippen LogP contribution in [0.1, 0.15) is 11.1 Å². The van der Waals surface area contributed by atoms with Crippen molar-refractivity contribution in [1.82, 2.24) is 20.2 Å². The first kappa shape index (κ1) is 23.5. The molecule has 0 spiro atoms. The van der Waals surface area contributed by atoms with Crippen LogP contribution in [0.5, 0.6) is 5.75 Å². The highest BCUT2D eigenvalue weighted by Gasteiger charge is 2.17. The van der Waals surface area contributed by atoms with Gasteiger partial charge in [-0.15, -0.1) is 10.2 Å². The number of carbonyl (C=O) groups is 1. The van der Waals surface area contributed by atoms with Gasteiger partial charge in [-0.1, -0.05) is 59.3 Å². The first-order valence-corrected chi connectivity index (χ1v) is 11.8. The van der Waals surface area contributed by atoms with Crippen LogP contribution in [-0.2, 0) is 4.79 Å². The molecule has 0 bridgehead atoms. The first-order valence-electron chi connectivity index (χ1n) is 10.4. The standard InChI is InChI=1S/C25H22ClN5O2S/c1-17-7-11-20(12-8-17)31-24(18-9-13-21(33-2)14-10-18)29-30-25(31)34-16-23(32)28-27-15-19-5-3-4-6-22(19)26/h3-15H,16H2,1-2H3,(H,28,32). The van der Waals surface area contributed by atoms with Crippen LogP contribution in [-0.4, -0.2) is 39.7 Å². The van der Waals surface area contributed by atoms with Gasteiger partial charge in [-0.2, -0.15) is 5.10 Å². The van der Waals surface area contributed by atoms with Crippen LogP contribution in [0, 0.1) is 6.92 Å². The van der Waals surface area contributed by atoms with E-state index < -0.39 is 0 Å². The Kier molecular flexibility index (Phi) is 7.61. The molecule has 0 atom stereocenters. The molecule has 0 aliphatic heterocycles. The van der Waals surface area contributed by atoms with Crippen LogP contribution in [0.25, 0.3) is 17.1 Å². The highest BCUT2D eigenvalue weighted by Crippen LogP contribution is 2.29. The van der Waals surface area contributed by atoms with Crippen LogP contribution in [0.3, 0.4) is 0 Å². The molecule has 172 valence electrons. The van der Waals surface area contributed by atoms with Gasteiger partial charge in [0.2, 0.25) is 0 Å². The monoisotopic (exact) mass is 491 g/mol. The minimum Gasteiger partial charge on any atom is -0.497 e. The number of hydrogen-bond acceptors (Lipinski definition) is 6. The zero-order valence-electron chi connectivity index (χ0n) is 18.6. The van der Waals surface area contributed by atoms with E-state index in [-0.39, 0.29) is 11.7 Å². The molecule has 3 aromatic carbocycles. The second-order valence-corrected chi connectivity index (χ2v) is 8.66. The number of rotatable bonds is 8. The van der Waals surface area contributed by atoms with Crippen molar-refractivity contribution in [3.05, 3.63) is 88.9 Å². The number of carbonyl (C=O) groups excluding carboxylic acids is 1. The van der Waals surface area contributed by atoms with Gasteiger partial charge in [-0.25, -0.2) is 5.43 Å². The number of amides is 1. The van der Waals surface area contributed by atoms with Gasteiger partial charge in [-0.3, -0.25) is 9.36 Å². The van der Waals surface area contributed by atoms with Gasteiger partial charge in [0.1, 0.15) is 5.75 Å². The lowest BCUT2D eigenvalue weighted by atomic mass is 10.2. The number of hydrazone groups is 1. The third-order valence-corrected chi connectivity index (χ3v) is 6.18. The summed E-state index contributed by atoms with van der Waals surface area (Å²) < 4.78 is 7.20. The summed E-state index contributed by atoms with van der Waals surface area (Å²) in [7, 11) is 1.63. The van der Waals surface area contributed by atoms with Crippen LogP contribution >= 0.6 is 23.4 Å². The summed E-state index contributed by atoms with van der Waals surface area (Å²) in [5, 5.41) is 13.9. The van der Waals surface area contributed by atoms with Gasteiger partial charge in [0, 0.05) is 21.8 Å². The topological polar surface area (TPSA) is 81.4 Å². The van der Waals surface area contributed by atoms with Gasteiger partial charge in [0.25, 0.3) is 5.91 Å². The number of benzene rings is 3. The van der Waals surface area contributed by atoms with E-state index in [1.54, 1.807) is 13.2 Å². The number of hydrogen-bond donors (Lipinski definition) is 1. The zero-order valence-corrected chi connectivity index (χ0v) is 20.2. The third kappa shape index (κ3) is 5.65. The number of aromatic nitrogens is 3. The summed E-state index contributed by atoms with van der Waals surface area (Å²) in [5.41, 5.74) is 6.18. The summed E-state index contributed by atoms with van der Waals surface area (Å²) in [6.45, 7) is 2.03. The molecule has 0 aliphatic rings. The molecule has 0 saturated heterocycles. The fourth-order valence-electron chi connectivity index (χ4n) is 3.13. The number of methoxy groups -OCH3 is 1. The fraction of sp³-hybridized carbons (Fsp3) is 0.120. The number of aryl methyl sites for hydroxylation is 1. The molecule has 1 heterocycles. The average molecular weight is 492 g/mol. The molecule has 1 aromatic heterocycles. The Balaban J connectivity index is 1.53. The van der Waals surface area contributed by atoms with Gasteiger partial charge in [0.15, 0.2) is 11.0 Å². The predicted molar refractivity (Wildman–Crippen MR) is 136 cm³/mol. The molecule has 1 N–H and O–H groups in total. The molecule has 7 nitrogen and oxygen atoms in total. The second kappa shape index (κ2) is 11.0. The number of thioether (sulfide) groups is 1. The van der Waals surface area contributed by atoms with Crippen molar-refractivity contribution >= 4 is 35.5 Å². The minimum absolute atomic E-state index is 0.118. The number of halogens is 1. The Morgan fingerprint density at radius 3 is 2.53 bits per heavy atom. The molecule has 4 aromatic rings. The second-order valence-electron chi connectivity index (χ2n) is 7.31. The van der Waals surface area contributed by atoms with Gasteiger partial charge in [-0.05, 0) is 49.4 Å². The van der Waals surface area contributed by atoms with Crippen LogP contribution in [0.4, 0.5) is 0 Å². The average Bonchev–Trinajstić information content (AvgIpc) is 3.28. The summed E-state index contributed by atoms with van der Waals surface area (Å²) in [6, 6.07) is 22.9. The van der Waals surface area contributed by atoms with E-state index in [1.165, 1.54) is 18.0 Å². The highest BCUT2D eigenvalue weighted by atomic mass is 35.5. The van der Waals surface area contributed by atoms with E-state index in [0.29, 0.717) is 16.0 Å². The van der Waals surface area contributed by atoms with E-state index in [0.717, 1.165) is 28.1 Å². The van der Waals surface area contributed by atoms with E-state index in [2.05, 4.69) is 20.7 Å². The SMILES string of the molecule is COc1ccc(-c2nnc(SCC(=O)NN=Cc3ccccc3Cl)n2-c2ccc(C)cc2)cc1. The minimum atomic E-state index is -0.266. The Bertz CT molecular complexity index is 1300. The number of nitrogens with zero attached hydrogens (tertiary/aromatic N) is 4. The van der Waals surface area contributed by atoms with Crippen molar-refractivity contribution in [2.75, 3.05) is 12.9 Å². The van der Waals surface area contributed by atoms with Crippen molar-refractivity contribution in [3.63, 3.8) is 0 Å². The predicted octanol–water partition coefficient (Wildman–Crippen LogP) is 5.15. The van der Waals surface area contributed by atoms with E-state index in [9.17, 15) is 4.79 Å². The van der Waals surface area contributed by atoms with Crippen LogP contribution in [0.15, 0.2) is 83.1 Å². The molecule has 0 radical (unpaired) electrons. The number of nitrogens with one attached hydrogen (secondary N) is 1. The maximum Gasteiger partial charge on any atom is 0.250 e. The Hall–Kier alpha value is -3.62. The van der Waals surface area contributed by atoms with Gasteiger partial charge >= 0.3 is 0 Å². The Labute approximate surface area is 206 Å². The molecule has 4 rings (SSSR count). The van der Waals surface area contributed by atoms with Crippen molar-refractivity contribution in [1.29, 1.82) is 0 Å². The van der Waals surface area contributed by atoms with Crippen molar-refractivity contribution < 1.29 is 9.53 Å². The quantitative estimate of drug-likeness (QED) is 0.209. The van der Waals surface area contributed by atoms with Gasteiger partial charge < -0.3 is 4.74 Å². The van der Waals surface area contributed by atoms with Crippen molar-refractivity contribution in [2.24, 2.45) is 5.10 Å². The van der Waals surface area contributed by atoms with Crippen LogP contribution < -0.4 is 10.2 Å². The molecule has 0 unspecified atom stereocenters.